The summed E-state index contributed by atoms with van der Waals surface area (Å²) in [5.41, 5.74) is 2.04. The van der Waals surface area contributed by atoms with E-state index in [1.807, 2.05) is 49.1 Å². The lowest BCUT2D eigenvalue weighted by Gasteiger charge is -2.35. The highest BCUT2D eigenvalue weighted by molar-refractivity contribution is 5.85. The van der Waals surface area contributed by atoms with Gasteiger partial charge in [-0.15, -0.1) is 0 Å². The molecule has 0 aromatic heterocycles. The molecule has 184 valence electrons. The Morgan fingerprint density at radius 3 is 2.56 bits per heavy atom. The molecule has 2 fully saturated rings. The van der Waals surface area contributed by atoms with E-state index in [2.05, 4.69) is 31.2 Å². The quantitative estimate of drug-likeness (QED) is 0.426. The van der Waals surface area contributed by atoms with Crippen LogP contribution in [0.25, 0.3) is 0 Å². The van der Waals surface area contributed by atoms with E-state index in [1.165, 1.54) is 0 Å². The Morgan fingerprint density at radius 1 is 1.03 bits per heavy atom. The number of fused-ring (bicyclic) bond motifs is 4. The molecule has 9 atom stereocenters. The van der Waals surface area contributed by atoms with Crippen LogP contribution < -0.4 is 0 Å². The van der Waals surface area contributed by atoms with Crippen LogP contribution in [-0.2, 0) is 4.79 Å². The molecule has 34 heavy (non-hydrogen) atoms. The Balaban J connectivity index is 1.63. The highest BCUT2D eigenvalue weighted by Crippen LogP contribution is 2.47. The van der Waals surface area contributed by atoms with Crippen molar-refractivity contribution in [3.8, 4) is 0 Å². The predicted molar refractivity (Wildman–Crippen MR) is 135 cm³/mol. The van der Waals surface area contributed by atoms with Gasteiger partial charge in [0.25, 0.3) is 0 Å². The van der Waals surface area contributed by atoms with Gasteiger partial charge in [-0.3, -0.25) is 4.79 Å². The number of nitrogens with zero attached hydrogens (tertiary/aromatic N) is 1. The lowest BCUT2D eigenvalue weighted by atomic mass is 9.73. The van der Waals surface area contributed by atoms with Crippen LogP contribution in [0.1, 0.15) is 46.5 Å². The first kappa shape index (κ1) is 24.9. The summed E-state index contributed by atoms with van der Waals surface area (Å²) in [6, 6.07) is -0.239. The maximum absolute atomic E-state index is 13.6. The van der Waals surface area contributed by atoms with Crippen LogP contribution in [0.2, 0.25) is 0 Å². The maximum atomic E-state index is 13.6. The van der Waals surface area contributed by atoms with Crippen molar-refractivity contribution in [3.63, 3.8) is 0 Å². The van der Waals surface area contributed by atoms with Gasteiger partial charge in [-0.05, 0) is 33.1 Å². The molecule has 0 radical (unpaired) electrons. The molecule has 4 rings (SSSR count). The van der Waals surface area contributed by atoms with E-state index < -0.39 is 18.3 Å². The van der Waals surface area contributed by atoms with Gasteiger partial charge in [0.15, 0.2) is 0 Å². The monoisotopic (exact) mass is 465 g/mol. The smallest absolute Gasteiger partial charge is 0.230 e. The van der Waals surface area contributed by atoms with Crippen molar-refractivity contribution in [1.29, 1.82) is 0 Å². The van der Waals surface area contributed by atoms with Crippen molar-refractivity contribution in [2.45, 2.75) is 76.9 Å². The fourth-order valence-corrected chi connectivity index (χ4v) is 6.36. The third kappa shape index (κ3) is 4.66. The molecular formula is C29H39NO4. The number of aliphatic hydroxyl groups excluding tert-OH is 3. The Hall–Kier alpha value is -2.21. The zero-order valence-corrected chi connectivity index (χ0v) is 20.5. The largest absolute Gasteiger partial charge is 0.391 e. The number of carbonyl (C=O) groups is 1. The van der Waals surface area contributed by atoms with Gasteiger partial charge >= 0.3 is 0 Å². The van der Waals surface area contributed by atoms with Crippen LogP contribution in [0, 0.1) is 23.7 Å². The van der Waals surface area contributed by atoms with Gasteiger partial charge in [0, 0.05) is 23.8 Å². The molecule has 5 nitrogen and oxygen atoms in total. The second kappa shape index (κ2) is 10.6. The highest BCUT2D eigenvalue weighted by Gasteiger charge is 2.56. The fourth-order valence-electron chi connectivity index (χ4n) is 6.36. The number of rotatable bonds is 5. The summed E-state index contributed by atoms with van der Waals surface area (Å²) in [5, 5.41) is 32.0. The lowest BCUT2D eigenvalue weighted by Crippen LogP contribution is -2.40. The Morgan fingerprint density at radius 2 is 1.79 bits per heavy atom. The average Bonchev–Trinajstić information content (AvgIpc) is 3.28. The van der Waals surface area contributed by atoms with Crippen molar-refractivity contribution in [2.75, 3.05) is 0 Å². The van der Waals surface area contributed by atoms with Crippen molar-refractivity contribution in [3.05, 3.63) is 71.9 Å². The van der Waals surface area contributed by atoms with E-state index in [1.54, 1.807) is 6.08 Å². The molecule has 2 saturated heterocycles. The summed E-state index contributed by atoms with van der Waals surface area (Å²) in [4.78, 5) is 15.6. The van der Waals surface area contributed by atoms with Gasteiger partial charge in [-0.25, -0.2) is 0 Å². The second-order valence-corrected chi connectivity index (χ2v) is 10.3. The molecule has 0 spiro atoms. The van der Waals surface area contributed by atoms with Gasteiger partial charge in [0.05, 0.1) is 30.3 Å². The minimum Gasteiger partial charge on any atom is -0.391 e. The Kier molecular flexibility index (Phi) is 7.76. The number of carbonyl (C=O) groups excluding carboxylic acids is 1. The normalized spacial score (nSPS) is 43.9. The van der Waals surface area contributed by atoms with E-state index in [-0.39, 0.29) is 41.7 Å². The first-order valence-electron chi connectivity index (χ1n) is 12.7. The van der Waals surface area contributed by atoms with E-state index in [4.69, 9.17) is 0 Å². The van der Waals surface area contributed by atoms with Crippen molar-refractivity contribution >= 4 is 5.91 Å². The summed E-state index contributed by atoms with van der Waals surface area (Å²) in [5.74, 6) is -0.624. The van der Waals surface area contributed by atoms with Crippen LogP contribution in [0.3, 0.4) is 0 Å². The number of aliphatic hydroxyl groups is 3. The molecule has 0 bridgehead atoms. The molecule has 4 aliphatic rings. The number of unbranched alkanes of at least 4 members (excludes halogenated alkanes) is 1. The lowest BCUT2D eigenvalue weighted by molar-refractivity contribution is -0.132. The fraction of sp³-hybridized carbons (Fsp3) is 0.552. The Labute approximate surface area is 203 Å². The first-order chi connectivity index (χ1) is 16.3. The van der Waals surface area contributed by atoms with Crippen LogP contribution >= 0.6 is 0 Å². The standard InChI is InChI=1S/C29H39NO4/c1-4-5-6-7-8-9-12-21-17-24(32)27-26-19(3)16-20-14-15-23(31)28(33)25(20)18(2)11-10-13-22(26)29(34)30(21)27/h6-11,13-16,20-28,31-33H,4-5,12,17H2,1-3H3/b7-6+,9-8+,13-10+,18-11+,19-16+/t20-,21-,22+,23-,24+,25-,26-,27+,28-/m1/s1. The first-order valence-corrected chi connectivity index (χ1v) is 12.7. The summed E-state index contributed by atoms with van der Waals surface area (Å²) >= 11 is 0. The van der Waals surface area contributed by atoms with Crippen molar-refractivity contribution in [1.82, 2.24) is 4.90 Å². The number of hydrogen-bond acceptors (Lipinski definition) is 4. The second-order valence-electron chi connectivity index (χ2n) is 10.3. The SMILES string of the molecule is CCC/C=C/C=C/C[C@@H]1C[C@H](O)[C@H]2[C@@H]3/C(C)=C/[C@H]4C=C[C@@H](O)[C@@H](O)[C@@H]4/C(C)=C/C=C/[C@@H]3C(=O)N12. The predicted octanol–water partition coefficient (Wildman–Crippen LogP) is 3.85. The Bertz CT molecular complexity index is 942. The zero-order chi connectivity index (χ0) is 24.4. The van der Waals surface area contributed by atoms with Gasteiger partial charge in [0.2, 0.25) is 5.91 Å². The molecule has 0 aromatic carbocycles. The minimum atomic E-state index is -0.885. The molecule has 0 aromatic rings. The topological polar surface area (TPSA) is 81.0 Å². The maximum Gasteiger partial charge on any atom is 0.230 e. The molecule has 3 N–H and O–H groups in total. The minimum absolute atomic E-state index is 0.00118. The summed E-state index contributed by atoms with van der Waals surface area (Å²) < 4.78 is 0. The third-order valence-electron chi connectivity index (χ3n) is 8.01. The van der Waals surface area contributed by atoms with Crippen molar-refractivity contribution < 1.29 is 20.1 Å². The molecule has 1 amide bonds. The highest BCUT2D eigenvalue weighted by atomic mass is 16.3. The van der Waals surface area contributed by atoms with Crippen LogP contribution in [-0.4, -0.2) is 56.5 Å². The van der Waals surface area contributed by atoms with Crippen LogP contribution in [0.5, 0.6) is 0 Å². The summed E-state index contributed by atoms with van der Waals surface area (Å²) in [6.07, 6.45) is 21.1. The summed E-state index contributed by atoms with van der Waals surface area (Å²) in [6.45, 7) is 6.16. The average molecular weight is 466 g/mol. The summed E-state index contributed by atoms with van der Waals surface area (Å²) in [7, 11) is 0. The van der Waals surface area contributed by atoms with Gasteiger partial charge in [-0.1, -0.05) is 85.3 Å². The molecule has 0 saturated carbocycles. The van der Waals surface area contributed by atoms with Gasteiger partial charge < -0.3 is 20.2 Å². The zero-order valence-electron chi connectivity index (χ0n) is 20.5. The number of allylic oxidation sites excluding steroid dienone is 7. The van der Waals surface area contributed by atoms with E-state index in [9.17, 15) is 20.1 Å². The molecule has 2 aliphatic carbocycles. The molecule has 5 heteroatoms. The van der Waals surface area contributed by atoms with Gasteiger partial charge in [0.1, 0.15) is 0 Å². The van der Waals surface area contributed by atoms with Crippen molar-refractivity contribution in [2.24, 2.45) is 23.7 Å². The number of hydrogen-bond donors (Lipinski definition) is 3. The molecule has 2 aliphatic heterocycles. The van der Waals surface area contributed by atoms with Crippen LogP contribution in [0.4, 0.5) is 0 Å². The van der Waals surface area contributed by atoms with E-state index in [0.717, 1.165) is 30.4 Å². The van der Waals surface area contributed by atoms with Gasteiger partial charge in [-0.2, -0.15) is 0 Å². The molecular weight excluding hydrogens is 426 g/mol. The van der Waals surface area contributed by atoms with E-state index >= 15 is 0 Å². The third-order valence-corrected chi connectivity index (χ3v) is 8.01. The molecule has 0 unspecified atom stereocenters. The molecule has 2 heterocycles. The number of amides is 1. The van der Waals surface area contributed by atoms with E-state index in [0.29, 0.717) is 6.42 Å². The van der Waals surface area contributed by atoms with Crippen LogP contribution in [0.15, 0.2) is 71.9 Å².